The van der Waals surface area contributed by atoms with Crippen LogP contribution in [-0.2, 0) is 14.9 Å². The maximum Gasteiger partial charge on any atom is 0.410 e. The number of carbonyl (C=O) groups is 1. The van der Waals surface area contributed by atoms with Crippen molar-refractivity contribution < 1.29 is 32.0 Å². The first-order chi connectivity index (χ1) is 17.8. The second-order valence-electron chi connectivity index (χ2n) is 9.28. The monoisotopic (exact) mass is 558 g/mol. The van der Waals surface area contributed by atoms with Gasteiger partial charge in [-0.25, -0.2) is 4.79 Å². The second kappa shape index (κ2) is 11.7. The molecule has 1 atom stereocenters. The summed E-state index contributed by atoms with van der Waals surface area (Å²) in [5.74, 6) is 0.586. The number of ether oxygens (including phenoxy) is 2. The number of benzene rings is 3. The number of aliphatic hydroxyl groups excluding tert-OH is 1. The highest BCUT2D eigenvalue weighted by molar-refractivity contribution is 7.87. The van der Waals surface area contributed by atoms with E-state index in [-0.39, 0.29) is 33.5 Å². The lowest BCUT2D eigenvalue weighted by Gasteiger charge is -2.26. The minimum Gasteiger partial charge on any atom is -0.456 e. The molecule has 1 amide bonds. The van der Waals surface area contributed by atoms with Crippen LogP contribution in [-0.4, -0.2) is 43.7 Å². The Morgan fingerprint density at radius 3 is 2.24 bits per heavy atom. The van der Waals surface area contributed by atoms with Gasteiger partial charge in [0.2, 0.25) is 0 Å². The molecule has 0 heterocycles. The quantitative estimate of drug-likeness (QED) is 0.350. The first-order valence-electron chi connectivity index (χ1n) is 11.4. The SMILES string of the molecule is CN(CC(O)c1ccc(OS(=O)(=O)c2ccc(Oc3cccc(Cl)c3C#N)cc2)cc1)C(=O)OC(C)(C)C. The standard InChI is InChI=1S/C27H27ClN2O7S/c1-27(2,3)36-26(32)30(4)17-24(31)18-8-10-20(11-9-18)37-38(33,34)21-14-12-19(13-15-21)35-25-7-5-6-23(28)22(25)16-29/h5-15,24,31H,17H2,1-4H3. The maximum absolute atomic E-state index is 12.7. The lowest BCUT2D eigenvalue weighted by Crippen LogP contribution is -2.36. The Bertz CT molecular complexity index is 1430. The molecule has 0 aliphatic heterocycles. The van der Waals surface area contributed by atoms with Crippen molar-refractivity contribution in [1.82, 2.24) is 4.90 Å². The van der Waals surface area contributed by atoms with Crippen LogP contribution in [0.15, 0.2) is 71.6 Å². The van der Waals surface area contributed by atoms with Gasteiger partial charge < -0.3 is 23.7 Å². The van der Waals surface area contributed by atoms with E-state index in [2.05, 4.69) is 0 Å². The molecule has 0 saturated carbocycles. The molecule has 0 saturated heterocycles. The molecule has 0 aliphatic rings. The highest BCUT2D eigenvalue weighted by Crippen LogP contribution is 2.30. The van der Waals surface area contributed by atoms with Crippen LogP contribution in [0.3, 0.4) is 0 Å². The van der Waals surface area contributed by atoms with Crippen LogP contribution < -0.4 is 8.92 Å². The average molecular weight is 559 g/mol. The van der Waals surface area contributed by atoms with Gasteiger partial charge in [-0.1, -0.05) is 29.8 Å². The number of hydrogen-bond acceptors (Lipinski definition) is 8. The van der Waals surface area contributed by atoms with E-state index in [1.165, 1.54) is 60.5 Å². The summed E-state index contributed by atoms with van der Waals surface area (Å²) < 4.78 is 41.6. The lowest BCUT2D eigenvalue weighted by molar-refractivity contribution is 0.0205. The Morgan fingerprint density at radius 2 is 1.66 bits per heavy atom. The summed E-state index contributed by atoms with van der Waals surface area (Å²) in [5.41, 5.74) is -0.0331. The van der Waals surface area contributed by atoms with Gasteiger partial charge in [-0.2, -0.15) is 13.7 Å². The van der Waals surface area contributed by atoms with Crippen molar-refractivity contribution in [2.45, 2.75) is 37.4 Å². The number of rotatable bonds is 8. The van der Waals surface area contributed by atoms with Crippen LogP contribution in [0.25, 0.3) is 0 Å². The van der Waals surface area contributed by atoms with E-state index in [1.807, 2.05) is 6.07 Å². The molecule has 1 N–H and O–H groups in total. The van der Waals surface area contributed by atoms with E-state index < -0.39 is 27.9 Å². The van der Waals surface area contributed by atoms with E-state index in [0.717, 1.165) is 0 Å². The second-order valence-corrected chi connectivity index (χ2v) is 11.2. The predicted octanol–water partition coefficient (Wildman–Crippen LogP) is 5.67. The summed E-state index contributed by atoms with van der Waals surface area (Å²) in [4.78, 5) is 13.2. The summed E-state index contributed by atoms with van der Waals surface area (Å²) in [6.45, 7) is 5.22. The summed E-state index contributed by atoms with van der Waals surface area (Å²) >= 11 is 6.01. The number of halogens is 1. The summed E-state index contributed by atoms with van der Waals surface area (Å²) in [5, 5.41) is 20.0. The van der Waals surface area contributed by atoms with Crippen molar-refractivity contribution in [3.63, 3.8) is 0 Å². The fraction of sp³-hybridized carbons (Fsp3) is 0.259. The molecule has 0 spiro atoms. The molecule has 3 aromatic rings. The van der Waals surface area contributed by atoms with Gasteiger partial charge in [0, 0.05) is 7.05 Å². The molecular weight excluding hydrogens is 532 g/mol. The van der Waals surface area contributed by atoms with E-state index >= 15 is 0 Å². The average Bonchev–Trinajstić information content (AvgIpc) is 2.83. The molecule has 1 unspecified atom stereocenters. The third-order valence-corrected chi connectivity index (χ3v) is 6.63. The van der Waals surface area contributed by atoms with Crippen LogP contribution in [0.5, 0.6) is 17.2 Å². The molecule has 200 valence electrons. The van der Waals surface area contributed by atoms with Crippen LogP contribution in [0.4, 0.5) is 4.79 Å². The Morgan fingerprint density at radius 1 is 1.05 bits per heavy atom. The van der Waals surface area contributed by atoms with Crippen molar-refractivity contribution in [2.75, 3.05) is 13.6 Å². The van der Waals surface area contributed by atoms with E-state index in [9.17, 15) is 23.6 Å². The Labute approximate surface area is 226 Å². The number of nitriles is 1. The number of likely N-dealkylation sites (N-methyl/N-ethyl adjacent to an activating group) is 1. The predicted molar refractivity (Wildman–Crippen MR) is 141 cm³/mol. The minimum atomic E-state index is -4.16. The van der Waals surface area contributed by atoms with Crippen LogP contribution >= 0.6 is 11.6 Å². The molecule has 38 heavy (non-hydrogen) atoms. The van der Waals surface area contributed by atoms with Crippen molar-refractivity contribution in [3.8, 4) is 23.3 Å². The topological polar surface area (TPSA) is 126 Å². The maximum atomic E-state index is 12.7. The number of carbonyl (C=O) groups excluding carboxylic acids is 1. The molecule has 3 rings (SSSR count). The van der Waals surface area contributed by atoms with E-state index in [1.54, 1.807) is 39.0 Å². The van der Waals surface area contributed by atoms with Gasteiger partial charge in [-0.15, -0.1) is 0 Å². The molecular formula is C27H27ClN2O7S. The van der Waals surface area contributed by atoms with Crippen LogP contribution in [0.2, 0.25) is 5.02 Å². The normalized spacial score (nSPS) is 12.2. The minimum absolute atomic E-state index is 0.0209. The number of nitrogens with zero attached hydrogens (tertiary/aromatic N) is 2. The van der Waals surface area contributed by atoms with Crippen molar-refractivity contribution in [3.05, 3.63) is 82.9 Å². The molecule has 0 radical (unpaired) electrons. The van der Waals surface area contributed by atoms with Crippen LogP contribution in [0, 0.1) is 11.3 Å². The highest BCUT2D eigenvalue weighted by Gasteiger charge is 2.22. The molecule has 0 fully saturated rings. The van der Waals surface area contributed by atoms with Crippen molar-refractivity contribution in [2.24, 2.45) is 0 Å². The van der Waals surface area contributed by atoms with E-state index in [4.69, 9.17) is 25.3 Å². The first kappa shape index (κ1) is 28.8. The zero-order valence-electron chi connectivity index (χ0n) is 21.2. The lowest BCUT2D eigenvalue weighted by atomic mass is 10.1. The van der Waals surface area contributed by atoms with Gasteiger partial charge in [-0.05, 0) is 74.9 Å². The molecule has 9 nitrogen and oxygen atoms in total. The largest absolute Gasteiger partial charge is 0.456 e. The van der Waals surface area contributed by atoms with Gasteiger partial charge in [0.15, 0.2) is 0 Å². The summed E-state index contributed by atoms with van der Waals surface area (Å²) in [7, 11) is -2.66. The van der Waals surface area contributed by atoms with Crippen LogP contribution in [0.1, 0.15) is 38.0 Å². The summed E-state index contributed by atoms with van der Waals surface area (Å²) in [6, 6.07) is 18.1. The fourth-order valence-electron chi connectivity index (χ4n) is 3.20. The summed E-state index contributed by atoms with van der Waals surface area (Å²) in [6.07, 6.45) is -1.59. The third kappa shape index (κ3) is 7.61. The molecule has 0 aromatic heterocycles. The Balaban J connectivity index is 1.64. The van der Waals surface area contributed by atoms with Gasteiger partial charge >= 0.3 is 16.2 Å². The highest BCUT2D eigenvalue weighted by atomic mass is 35.5. The Hall–Kier alpha value is -3.78. The van der Waals surface area contributed by atoms with Gasteiger partial charge in [0.1, 0.15) is 39.4 Å². The zero-order chi connectivity index (χ0) is 28.1. The molecule has 11 heteroatoms. The first-order valence-corrected chi connectivity index (χ1v) is 13.2. The molecule has 0 bridgehead atoms. The van der Waals surface area contributed by atoms with Crippen molar-refractivity contribution >= 4 is 27.8 Å². The number of hydrogen-bond donors (Lipinski definition) is 1. The zero-order valence-corrected chi connectivity index (χ0v) is 22.8. The smallest absolute Gasteiger partial charge is 0.410 e. The van der Waals surface area contributed by atoms with Crippen molar-refractivity contribution in [1.29, 1.82) is 5.26 Å². The van der Waals surface area contributed by atoms with Gasteiger partial charge in [0.25, 0.3) is 0 Å². The van der Waals surface area contributed by atoms with E-state index in [0.29, 0.717) is 11.3 Å². The third-order valence-electron chi connectivity index (χ3n) is 5.05. The number of aliphatic hydroxyl groups is 1. The number of amides is 1. The molecule has 3 aromatic carbocycles. The fourth-order valence-corrected chi connectivity index (χ4v) is 4.34. The molecule has 0 aliphatic carbocycles. The van der Waals surface area contributed by atoms with Gasteiger partial charge in [-0.3, -0.25) is 0 Å². The van der Waals surface area contributed by atoms with Gasteiger partial charge in [0.05, 0.1) is 17.7 Å². The Kier molecular flexibility index (Phi) is 8.89.